The number of anilines is 1. The Bertz CT molecular complexity index is 489. The number of carbonyl (C=O) groups is 1. The van der Waals surface area contributed by atoms with Gasteiger partial charge in [-0.15, -0.1) is 0 Å². The summed E-state index contributed by atoms with van der Waals surface area (Å²) < 4.78 is 0. The summed E-state index contributed by atoms with van der Waals surface area (Å²) >= 11 is 0. The van der Waals surface area contributed by atoms with Gasteiger partial charge < -0.3 is 11.1 Å². The molecule has 2 rings (SSSR count). The van der Waals surface area contributed by atoms with Gasteiger partial charge in [0.05, 0.1) is 6.04 Å². The van der Waals surface area contributed by atoms with Crippen LogP contribution in [0, 0.1) is 0 Å². The molecule has 1 fully saturated rings. The molecule has 1 aliphatic heterocycles. The van der Waals surface area contributed by atoms with Crippen molar-refractivity contribution < 1.29 is 4.79 Å². The predicted molar refractivity (Wildman–Crippen MR) is 87.0 cm³/mol. The minimum Gasteiger partial charge on any atom is -0.326 e. The standard InChI is InChI=1S/C17H27N3O/c1-4-16-9-8-12(2)20(16)13(3)17(21)19-15-7-5-6-14(10-15)11-18/h5-7,10,12-13,16H,4,8-9,11,18H2,1-3H3,(H,19,21). The molecule has 1 amide bonds. The number of nitrogens with zero attached hydrogens (tertiary/aromatic N) is 1. The molecule has 3 atom stereocenters. The lowest BCUT2D eigenvalue weighted by Gasteiger charge is -2.32. The molecule has 1 aliphatic rings. The zero-order valence-electron chi connectivity index (χ0n) is 13.3. The maximum atomic E-state index is 12.5. The van der Waals surface area contributed by atoms with E-state index in [4.69, 9.17) is 5.73 Å². The molecule has 0 bridgehead atoms. The van der Waals surface area contributed by atoms with Crippen molar-refractivity contribution in [3.8, 4) is 0 Å². The van der Waals surface area contributed by atoms with Gasteiger partial charge in [-0.05, 0) is 50.8 Å². The van der Waals surface area contributed by atoms with Crippen LogP contribution < -0.4 is 11.1 Å². The molecule has 0 radical (unpaired) electrons. The van der Waals surface area contributed by atoms with E-state index < -0.39 is 0 Å². The molecule has 21 heavy (non-hydrogen) atoms. The van der Waals surface area contributed by atoms with Gasteiger partial charge in [0.25, 0.3) is 0 Å². The summed E-state index contributed by atoms with van der Waals surface area (Å²) in [6.45, 7) is 6.91. The average Bonchev–Trinajstić information content (AvgIpc) is 2.87. The Morgan fingerprint density at radius 2 is 2.24 bits per heavy atom. The smallest absolute Gasteiger partial charge is 0.241 e. The molecular weight excluding hydrogens is 262 g/mol. The van der Waals surface area contributed by atoms with E-state index in [-0.39, 0.29) is 11.9 Å². The van der Waals surface area contributed by atoms with E-state index in [1.54, 1.807) is 0 Å². The first-order chi connectivity index (χ1) is 10.1. The summed E-state index contributed by atoms with van der Waals surface area (Å²) in [4.78, 5) is 14.9. The molecule has 0 saturated carbocycles. The first-order valence-corrected chi connectivity index (χ1v) is 7.94. The number of rotatable bonds is 5. The van der Waals surface area contributed by atoms with Crippen molar-refractivity contribution in [3.63, 3.8) is 0 Å². The third kappa shape index (κ3) is 3.63. The quantitative estimate of drug-likeness (QED) is 0.876. The molecule has 3 N–H and O–H groups in total. The number of carbonyl (C=O) groups excluding carboxylic acids is 1. The second kappa shape index (κ2) is 7.05. The van der Waals surface area contributed by atoms with Crippen LogP contribution in [0.3, 0.4) is 0 Å². The Kier molecular flexibility index (Phi) is 5.37. The Labute approximate surface area is 127 Å². The molecular formula is C17H27N3O. The zero-order chi connectivity index (χ0) is 15.4. The number of nitrogens with two attached hydrogens (primary N) is 1. The average molecular weight is 289 g/mol. The van der Waals surface area contributed by atoms with Crippen LogP contribution in [0.5, 0.6) is 0 Å². The van der Waals surface area contributed by atoms with Crippen molar-refractivity contribution >= 4 is 11.6 Å². The number of hydrogen-bond donors (Lipinski definition) is 2. The van der Waals surface area contributed by atoms with Gasteiger partial charge in [0, 0.05) is 24.3 Å². The fourth-order valence-corrected chi connectivity index (χ4v) is 3.36. The number of hydrogen-bond acceptors (Lipinski definition) is 3. The van der Waals surface area contributed by atoms with Crippen molar-refractivity contribution in [2.75, 3.05) is 5.32 Å². The summed E-state index contributed by atoms with van der Waals surface area (Å²) in [6.07, 6.45) is 3.47. The lowest BCUT2D eigenvalue weighted by molar-refractivity contribution is -0.121. The van der Waals surface area contributed by atoms with Crippen LogP contribution in [0.15, 0.2) is 24.3 Å². The third-order valence-corrected chi connectivity index (χ3v) is 4.58. The van der Waals surface area contributed by atoms with Crippen LogP contribution >= 0.6 is 0 Å². The van der Waals surface area contributed by atoms with Gasteiger partial charge >= 0.3 is 0 Å². The maximum absolute atomic E-state index is 12.5. The van der Waals surface area contributed by atoms with Gasteiger partial charge in [0.15, 0.2) is 0 Å². The van der Waals surface area contributed by atoms with Crippen LogP contribution in [0.25, 0.3) is 0 Å². The van der Waals surface area contributed by atoms with Gasteiger partial charge in [-0.3, -0.25) is 9.69 Å². The molecule has 1 aromatic carbocycles. The van der Waals surface area contributed by atoms with Crippen LogP contribution in [-0.4, -0.2) is 28.9 Å². The number of likely N-dealkylation sites (tertiary alicyclic amines) is 1. The molecule has 116 valence electrons. The molecule has 4 nitrogen and oxygen atoms in total. The minimum atomic E-state index is -0.103. The summed E-state index contributed by atoms with van der Waals surface area (Å²) in [5.41, 5.74) is 7.50. The van der Waals surface area contributed by atoms with E-state index in [1.807, 2.05) is 31.2 Å². The highest BCUT2D eigenvalue weighted by Crippen LogP contribution is 2.28. The molecule has 0 aromatic heterocycles. The minimum absolute atomic E-state index is 0.0661. The van der Waals surface area contributed by atoms with Gasteiger partial charge in [0.1, 0.15) is 0 Å². The fourth-order valence-electron chi connectivity index (χ4n) is 3.36. The summed E-state index contributed by atoms with van der Waals surface area (Å²) in [6, 6.07) is 8.64. The van der Waals surface area contributed by atoms with E-state index in [0.29, 0.717) is 18.6 Å². The molecule has 3 unspecified atom stereocenters. The normalized spacial score (nSPS) is 24.0. The van der Waals surface area contributed by atoms with Crippen LogP contribution in [0.2, 0.25) is 0 Å². The third-order valence-electron chi connectivity index (χ3n) is 4.58. The van der Waals surface area contributed by atoms with Crippen molar-refractivity contribution in [2.45, 2.75) is 64.7 Å². The van der Waals surface area contributed by atoms with Crippen molar-refractivity contribution in [3.05, 3.63) is 29.8 Å². The van der Waals surface area contributed by atoms with E-state index in [0.717, 1.165) is 17.7 Å². The van der Waals surface area contributed by atoms with E-state index in [2.05, 4.69) is 24.1 Å². The molecule has 1 heterocycles. The van der Waals surface area contributed by atoms with Gasteiger partial charge in [-0.1, -0.05) is 19.1 Å². The number of benzene rings is 1. The lowest BCUT2D eigenvalue weighted by Crippen LogP contribution is -2.47. The van der Waals surface area contributed by atoms with Gasteiger partial charge in [-0.2, -0.15) is 0 Å². The Morgan fingerprint density at radius 1 is 1.48 bits per heavy atom. The Hall–Kier alpha value is -1.39. The second-order valence-electron chi connectivity index (χ2n) is 6.01. The summed E-state index contributed by atoms with van der Waals surface area (Å²) in [5.74, 6) is 0.0661. The van der Waals surface area contributed by atoms with Crippen LogP contribution in [-0.2, 0) is 11.3 Å². The summed E-state index contributed by atoms with van der Waals surface area (Å²) in [5, 5.41) is 3.02. The van der Waals surface area contributed by atoms with Gasteiger partial charge in [0.2, 0.25) is 5.91 Å². The molecule has 0 spiro atoms. The molecule has 0 aliphatic carbocycles. The Morgan fingerprint density at radius 3 is 2.90 bits per heavy atom. The number of nitrogens with one attached hydrogen (secondary N) is 1. The molecule has 1 aromatic rings. The lowest BCUT2D eigenvalue weighted by atomic mass is 10.1. The molecule has 1 saturated heterocycles. The van der Waals surface area contributed by atoms with E-state index >= 15 is 0 Å². The number of amides is 1. The highest BCUT2D eigenvalue weighted by Gasteiger charge is 2.35. The molecule has 4 heteroatoms. The first kappa shape index (κ1) is 16.0. The Balaban J connectivity index is 2.05. The topological polar surface area (TPSA) is 58.4 Å². The first-order valence-electron chi connectivity index (χ1n) is 7.94. The highest BCUT2D eigenvalue weighted by molar-refractivity contribution is 5.94. The van der Waals surface area contributed by atoms with E-state index in [9.17, 15) is 4.79 Å². The fraction of sp³-hybridized carbons (Fsp3) is 0.588. The van der Waals surface area contributed by atoms with Crippen LogP contribution in [0.4, 0.5) is 5.69 Å². The van der Waals surface area contributed by atoms with Gasteiger partial charge in [-0.25, -0.2) is 0 Å². The zero-order valence-corrected chi connectivity index (χ0v) is 13.3. The van der Waals surface area contributed by atoms with Crippen molar-refractivity contribution in [1.82, 2.24) is 4.90 Å². The largest absolute Gasteiger partial charge is 0.326 e. The van der Waals surface area contributed by atoms with Crippen molar-refractivity contribution in [2.24, 2.45) is 5.73 Å². The maximum Gasteiger partial charge on any atom is 0.241 e. The monoisotopic (exact) mass is 289 g/mol. The second-order valence-corrected chi connectivity index (χ2v) is 6.01. The SMILES string of the molecule is CCC1CCC(C)N1C(C)C(=O)Nc1cccc(CN)c1. The van der Waals surface area contributed by atoms with Crippen LogP contribution in [0.1, 0.15) is 45.6 Å². The van der Waals surface area contributed by atoms with E-state index in [1.165, 1.54) is 12.8 Å². The highest BCUT2D eigenvalue weighted by atomic mass is 16.2. The summed E-state index contributed by atoms with van der Waals surface area (Å²) in [7, 11) is 0. The predicted octanol–water partition coefficient (Wildman–Crippen LogP) is 2.74. The van der Waals surface area contributed by atoms with Crippen molar-refractivity contribution in [1.29, 1.82) is 0 Å².